The summed E-state index contributed by atoms with van der Waals surface area (Å²) in [6.45, 7) is 2.70. The van der Waals surface area contributed by atoms with Crippen LogP contribution in [-0.2, 0) is 6.54 Å². The van der Waals surface area contributed by atoms with Gasteiger partial charge in [0.2, 0.25) is 0 Å². The number of aryl methyl sites for hydroxylation is 1. The third-order valence-corrected chi connectivity index (χ3v) is 6.52. The monoisotopic (exact) mass is 286 g/mol. The van der Waals surface area contributed by atoms with Crippen LogP contribution in [0.25, 0.3) is 0 Å². The molecule has 3 nitrogen and oxygen atoms in total. The highest BCUT2D eigenvalue weighted by atomic mass is 16.1. The molecule has 4 fully saturated rings. The zero-order chi connectivity index (χ0) is 14.6. The number of rotatable bonds is 3. The zero-order valence-corrected chi connectivity index (χ0v) is 12.9. The Balaban J connectivity index is 1.60. The van der Waals surface area contributed by atoms with Gasteiger partial charge in [-0.25, -0.2) is 0 Å². The fourth-order valence-electron chi connectivity index (χ4n) is 5.88. The normalized spacial score (nSPS) is 38.7. The molecule has 1 heterocycles. The van der Waals surface area contributed by atoms with Crippen molar-refractivity contribution in [2.75, 3.05) is 0 Å². The van der Waals surface area contributed by atoms with Crippen LogP contribution in [0.1, 0.15) is 44.2 Å². The van der Waals surface area contributed by atoms with Gasteiger partial charge in [0.15, 0.2) is 0 Å². The van der Waals surface area contributed by atoms with Gasteiger partial charge in [0.05, 0.1) is 0 Å². The summed E-state index contributed by atoms with van der Waals surface area (Å²) < 4.78 is 1.88. The average molecular weight is 286 g/mol. The summed E-state index contributed by atoms with van der Waals surface area (Å²) in [5.74, 6) is 2.74. The lowest BCUT2D eigenvalue weighted by atomic mass is 9.48. The molecular weight excluding hydrogens is 260 g/mol. The van der Waals surface area contributed by atoms with Crippen molar-refractivity contribution < 1.29 is 0 Å². The van der Waals surface area contributed by atoms with Crippen LogP contribution in [0.4, 0.5) is 0 Å². The molecule has 1 atom stereocenters. The Morgan fingerprint density at radius 2 is 1.76 bits per heavy atom. The second-order valence-electron chi connectivity index (χ2n) is 8.00. The largest absolute Gasteiger partial charge is 0.326 e. The maximum Gasteiger partial charge on any atom is 0.250 e. The molecule has 0 amide bonds. The topological polar surface area (TPSA) is 48.0 Å². The molecule has 4 aliphatic carbocycles. The van der Waals surface area contributed by atoms with Crippen molar-refractivity contribution in [1.82, 2.24) is 4.57 Å². The van der Waals surface area contributed by atoms with E-state index in [0.29, 0.717) is 12.0 Å². The summed E-state index contributed by atoms with van der Waals surface area (Å²) in [5.41, 5.74) is 8.12. The number of pyridine rings is 1. The van der Waals surface area contributed by atoms with Gasteiger partial charge in [-0.3, -0.25) is 4.79 Å². The molecule has 1 aromatic heterocycles. The summed E-state index contributed by atoms with van der Waals surface area (Å²) in [6.07, 6.45) is 8.24. The molecule has 0 spiro atoms. The Kier molecular flexibility index (Phi) is 3.04. The number of aromatic nitrogens is 1. The van der Waals surface area contributed by atoms with E-state index in [9.17, 15) is 4.79 Å². The quantitative estimate of drug-likeness (QED) is 0.928. The molecule has 1 aromatic rings. The van der Waals surface area contributed by atoms with Crippen molar-refractivity contribution in [3.63, 3.8) is 0 Å². The van der Waals surface area contributed by atoms with E-state index in [0.717, 1.165) is 23.4 Å². The third kappa shape index (κ3) is 2.17. The molecule has 0 aromatic carbocycles. The van der Waals surface area contributed by atoms with Gasteiger partial charge in [-0.05, 0) is 74.7 Å². The van der Waals surface area contributed by atoms with Crippen molar-refractivity contribution in [2.45, 2.75) is 58.0 Å². The second kappa shape index (κ2) is 4.70. The van der Waals surface area contributed by atoms with Crippen LogP contribution >= 0.6 is 0 Å². The van der Waals surface area contributed by atoms with Gasteiger partial charge >= 0.3 is 0 Å². The Bertz CT molecular complexity index is 568. The highest BCUT2D eigenvalue weighted by Crippen LogP contribution is 2.61. The van der Waals surface area contributed by atoms with E-state index in [1.54, 1.807) is 6.07 Å². The van der Waals surface area contributed by atoms with Gasteiger partial charge in [-0.15, -0.1) is 0 Å². The first kappa shape index (κ1) is 13.6. The van der Waals surface area contributed by atoms with Gasteiger partial charge in [0, 0.05) is 24.3 Å². The Hall–Kier alpha value is -1.09. The van der Waals surface area contributed by atoms with Gasteiger partial charge in [0.1, 0.15) is 0 Å². The van der Waals surface area contributed by atoms with E-state index >= 15 is 0 Å². The fraction of sp³-hybridized carbons (Fsp3) is 0.722. The SMILES string of the molecule is Cc1cccc(=O)n1CC(N)C12CC3CC(CC(C3)C1)C2. The summed E-state index contributed by atoms with van der Waals surface area (Å²) in [6, 6.07) is 5.63. The zero-order valence-electron chi connectivity index (χ0n) is 12.9. The molecule has 0 radical (unpaired) electrons. The number of nitrogens with zero attached hydrogens (tertiary/aromatic N) is 1. The van der Waals surface area contributed by atoms with Crippen LogP contribution < -0.4 is 11.3 Å². The van der Waals surface area contributed by atoms with Crippen LogP contribution in [0.15, 0.2) is 23.0 Å². The molecule has 21 heavy (non-hydrogen) atoms. The highest BCUT2D eigenvalue weighted by Gasteiger charge is 2.53. The summed E-state index contributed by atoms with van der Waals surface area (Å²) in [4.78, 5) is 12.1. The smallest absolute Gasteiger partial charge is 0.250 e. The maximum atomic E-state index is 12.1. The first-order chi connectivity index (χ1) is 10.1. The molecule has 5 rings (SSSR count). The van der Waals surface area contributed by atoms with Gasteiger partial charge in [-0.1, -0.05) is 6.07 Å². The number of nitrogens with two attached hydrogens (primary N) is 1. The van der Waals surface area contributed by atoms with Crippen LogP contribution in [0, 0.1) is 30.1 Å². The Labute approximate surface area is 126 Å². The van der Waals surface area contributed by atoms with Crippen molar-refractivity contribution >= 4 is 0 Å². The molecule has 114 valence electrons. The minimum absolute atomic E-state index is 0.0928. The van der Waals surface area contributed by atoms with E-state index in [2.05, 4.69) is 0 Å². The lowest BCUT2D eigenvalue weighted by Crippen LogP contribution is -2.56. The third-order valence-electron chi connectivity index (χ3n) is 6.52. The van der Waals surface area contributed by atoms with Crippen molar-refractivity contribution in [3.8, 4) is 0 Å². The molecule has 4 saturated carbocycles. The summed E-state index contributed by atoms with van der Waals surface area (Å²) in [5, 5.41) is 0. The summed E-state index contributed by atoms with van der Waals surface area (Å²) in [7, 11) is 0. The minimum Gasteiger partial charge on any atom is -0.326 e. The van der Waals surface area contributed by atoms with Crippen molar-refractivity contribution in [2.24, 2.45) is 28.9 Å². The van der Waals surface area contributed by atoms with Crippen LogP contribution in [-0.4, -0.2) is 10.6 Å². The minimum atomic E-state index is 0.0928. The van der Waals surface area contributed by atoms with E-state index in [1.165, 1.54) is 38.5 Å². The molecule has 0 aliphatic heterocycles. The van der Waals surface area contributed by atoms with Crippen molar-refractivity contribution in [3.05, 3.63) is 34.2 Å². The van der Waals surface area contributed by atoms with Crippen molar-refractivity contribution in [1.29, 1.82) is 0 Å². The molecule has 3 heteroatoms. The Morgan fingerprint density at radius 3 is 2.29 bits per heavy atom. The first-order valence-corrected chi connectivity index (χ1v) is 8.48. The number of hydrogen-bond acceptors (Lipinski definition) is 2. The van der Waals surface area contributed by atoms with E-state index in [4.69, 9.17) is 5.73 Å². The number of hydrogen-bond donors (Lipinski definition) is 1. The molecular formula is C18H26N2O. The molecule has 4 bridgehead atoms. The maximum absolute atomic E-state index is 12.1. The van der Waals surface area contributed by atoms with Gasteiger partial charge in [0.25, 0.3) is 5.56 Å². The molecule has 1 unspecified atom stereocenters. The molecule has 2 N–H and O–H groups in total. The highest BCUT2D eigenvalue weighted by molar-refractivity contribution is 5.08. The predicted molar refractivity (Wildman–Crippen MR) is 84.0 cm³/mol. The fourth-order valence-corrected chi connectivity index (χ4v) is 5.88. The molecule has 0 saturated heterocycles. The first-order valence-electron chi connectivity index (χ1n) is 8.48. The lowest BCUT2D eigenvalue weighted by Gasteiger charge is -2.59. The van der Waals surface area contributed by atoms with Gasteiger partial charge < -0.3 is 10.3 Å². The second-order valence-corrected chi connectivity index (χ2v) is 8.00. The standard InChI is InChI=1S/C18H26N2O/c1-12-3-2-4-17(21)20(12)11-16(19)18-8-13-5-14(9-18)7-15(6-13)10-18/h2-4,13-16H,5-11,19H2,1H3. The van der Waals surface area contributed by atoms with E-state index in [1.807, 2.05) is 23.6 Å². The predicted octanol–water partition coefficient (Wildman–Crippen LogP) is 2.70. The lowest BCUT2D eigenvalue weighted by molar-refractivity contribution is -0.0696. The van der Waals surface area contributed by atoms with E-state index < -0.39 is 0 Å². The average Bonchev–Trinajstić information content (AvgIpc) is 2.41. The molecule has 4 aliphatic rings. The summed E-state index contributed by atoms with van der Waals surface area (Å²) >= 11 is 0. The van der Waals surface area contributed by atoms with Crippen LogP contribution in [0.2, 0.25) is 0 Å². The van der Waals surface area contributed by atoms with Crippen LogP contribution in [0.3, 0.4) is 0 Å². The van der Waals surface area contributed by atoms with Crippen LogP contribution in [0.5, 0.6) is 0 Å². The van der Waals surface area contributed by atoms with Gasteiger partial charge in [-0.2, -0.15) is 0 Å². The Morgan fingerprint density at radius 1 is 1.19 bits per heavy atom. The van der Waals surface area contributed by atoms with E-state index in [-0.39, 0.29) is 11.6 Å².